The van der Waals surface area contributed by atoms with Crippen LogP contribution >= 0.6 is 0 Å². The van der Waals surface area contributed by atoms with Gasteiger partial charge in [0.25, 0.3) is 5.91 Å². The second kappa shape index (κ2) is 11.9. The van der Waals surface area contributed by atoms with E-state index in [9.17, 15) is 32.4 Å². The quantitative estimate of drug-likeness (QED) is 0.416. The Morgan fingerprint density at radius 3 is 2.48 bits per heavy atom. The molecule has 42 heavy (non-hydrogen) atoms. The summed E-state index contributed by atoms with van der Waals surface area (Å²) in [7, 11) is 0. The largest absolute Gasteiger partial charge is 0.469 e. The van der Waals surface area contributed by atoms with Gasteiger partial charge in [0.15, 0.2) is 5.82 Å². The molecule has 3 aromatic rings. The topological polar surface area (TPSA) is 117 Å². The molecule has 2 unspecified atom stereocenters. The molecule has 0 bridgehead atoms. The van der Waals surface area contributed by atoms with Gasteiger partial charge in [-0.1, -0.05) is 12.1 Å². The summed E-state index contributed by atoms with van der Waals surface area (Å²) in [5, 5.41) is 17.4. The van der Waals surface area contributed by atoms with Crippen molar-refractivity contribution in [3.05, 3.63) is 70.6 Å². The first-order valence-corrected chi connectivity index (χ1v) is 13.3. The fourth-order valence-electron chi connectivity index (χ4n) is 5.43. The molecule has 2 aliphatic rings. The summed E-state index contributed by atoms with van der Waals surface area (Å²) in [5.74, 6) is -3.09. The standard InChI is InChI=1S/C28H28F4N6O4/c1-17-20(7-11-42-17)27(40)38-26(34-15-18-2-4-19(29)5-3-18)22(14-33)24(35-38)21-6-8-37(25(21)28(30,31)32)23(39)16-36-9-12-41-13-10-36/h2-5,7,11,21,25,34H,6,8-10,12-13,15-16H2,1H3. The zero-order valence-electron chi connectivity index (χ0n) is 22.7. The predicted molar refractivity (Wildman–Crippen MR) is 140 cm³/mol. The highest BCUT2D eigenvalue weighted by atomic mass is 19.4. The number of rotatable bonds is 7. The van der Waals surface area contributed by atoms with Crippen molar-refractivity contribution >= 4 is 17.6 Å². The summed E-state index contributed by atoms with van der Waals surface area (Å²) < 4.78 is 68.5. The number of nitrogens with zero attached hydrogens (tertiary/aromatic N) is 5. The molecule has 222 valence electrons. The lowest BCUT2D eigenvalue weighted by atomic mass is 9.93. The average molecular weight is 589 g/mol. The number of hydrogen-bond donors (Lipinski definition) is 1. The Labute approximate surface area is 238 Å². The molecule has 0 spiro atoms. The van der Waals surface area contributed by atoms with E-state index in [2.05, 4.69) is 10.4 Å². The number of morpholine rings is 1. The van der Waals surface area contributed by atoms with Gasteiger partial charge in [0.2, 0.25) is 5.91 Å². The Bertz CT molecular complexity index is 1490. The van der Waals surface area contributed by atoms with Crippen LogP contribution in [0.5, 0.6) is 0 Å². The zero-order valence-corrected chi connectivity index (χ0v) is 22.7. The maximum atomic E-state index is 14.6. The van der Waals surface area contributed by atoms with Gasteiger partial charge in [-0.15, -0.1) is 0 Å². The number of hydrogen-bond acceptors (Lipinski definition) is 8. The van der Waals surface area contributed by atoms with E-state index in [1.165, 1.54) is 36.6 Å². The van der Waals surface area contributed by atoms with Crippen LogP contribution in [0.25, 0.3) is 0 Å². The van der Waals surface area contributed by atoms with Crippen LogP contribution in [0.15, 0.2) is 41.0 Å². The maximum absolute atomic E-state index is 14.6. The number of ether oxygens (including phenoxy) is 1. The normalized spacial score (nSPS) is 19.6. The molecule has 1 N–H and O–H groups in total. The minimum Gasteiger partial charge on any atom is -0.469 e. The van der Waals surface area contributed by atoms with Crippen molar-refractivity contribution in [3.63, 3.8) is 0 Å². The molecule has 5 rings (SSSR count). The summed E-state index contributed by atoms with van der Waals surface area (Å²) >= 11 is 0. The number of nitriles is 1. The highest BCUT2D eigenvalue weighted by Crippen LogP contribution is 2.44. The molecule has 10 nitrogen and oxygen atoms in total. The third kappa shape index (κ3) is 5.88. The Hall–Kier alpha value is -4.22. The number of anilines is 1. The van der Waals surface area contributed by atoms with E-state index in [-0.39, 0.29) is 54.5 Å². The molecule has 0 radical (unpaired) electrons. The minimum atomic E-state index is -4.83. The van der Waals surface area contributed by atoms with Crippen LogP contribution < -0.4 is 5.32 Å². The van der Waals surface area contributed by atoms with Gasteiger partial charge in [-0.2, -0.15) is 28.2 Å². The number of aryl methyl sites for hydroxylation is 1. The van der Waals surface area contributed by atoms with Gasteiger partial charge in [-0.3, -0.25) is 14.5 Å². The Balaban J connectivity index is 1.52. The molecule has 2 fully saturated rings. The fourth-order valence-corrected chi connectivity index (χ4v) is 5.43. The van der Waals surface area contributed by atoms with Gasteiger partial charge in [0.05, 0.1) is 37.3 Å². The van der Waals surface area contributed by atoms with Gasteiger partial charge in [-0.05, 0) is 37.1 Å². The first kappa shape index (κ1) is 29.3. The number of amides is 1. The number of likely N-dealkylation sites (tertiary alicyclic amines) is 1. The number of halogens is 4. The number of aromatic nitrogens is 2. The molecule has 2 aliphatic heterocycles. The van der Waals surface area contributed by atoms with Crippen LogP contribution in [-0.2, 0) is 16.1 Å². The van der Waals surface area contributed by atoms with Crippen molar-refractivity contribution in [2.75, 3.05) is 44.7 Å². The number of alkyl halides is 3. The van der Waals surface area contributed by atoms with Crippen molar-refractivity contribution in [1.29, 1.82) is 5.26 Å². The lowest BCUT2D eigenvalue weighted by Crippen LogP contribution is -2.51. The van der Waals surface area contributed by atoms with Crippen LogP contribution in [0.2, 0.25) is 0 Å². The van der Waals surface area contributed by atoms with Crippen LogP contribution in [0, 0.1) is 24.1 Å². The van der Waals surface area contributed by atoms with E-state index in [1.54, 1.807) is 11.8 Å². The molecule has 1 aromatic carbocycles. The van der Waals surface area contributed by atoms with E-state index in [1.807, 2.05) is 6.07 Å². The highest BCUT2D eigenvalue weighted by molar-refractivity contribution is 5.98. The number of carbonyl (C=O) groups excluding carboxylic acids is 2. The molecular weight excluding hydrogens is 560 g/mol. The Kier molecular flexibility index (Phi) is 8.33. The first-order valence-electron chi connectivity index (χ1n) is 13.3. The van der Waals surface area contributed by atoms with Gasteiger partial charge in [-0.25, -0.2) is 4.39 Å². The molecule has 4 heterocycles. The summed E-state index contributed by atoms with van der Waals surface area (Å²) in [4.78, 5) is 29.2. The zero-order chi connectivity index (χ0) is 30.0. The third-order valence-electron chi connectivity index (χ3n) is 7.55. The van der Waals surface area contributed by atoms with Crippen molar-refractivity contribution in [3.8, 4) is 6.07 Å². The van der Waals surface area contributed by atoms with Gasteiger partial charge in [0, 0.05) is 32.1 Å². The van der Waals surface area contributed by atoms with Crippen molar-refractivity contribution in [2.24, 2.45) is 0 Å². The average Bonchev–Trinajstić information content (AvgIpc) is 3.69. The lowest BCUT2D eigenvalue weighted by Gasteiger charge is -2.32. The van der Waals surface area contributed by atoms with Gasteiger partial charge >= 0.3 is 6.18 Å². The van der Waals surface area contributed by atoms with E-state index >= 15 is 0 Å². The van der Waals surface area contributed by atoms with Crippen molar-refractivity contribution in [2.45, 2.75) is 38.0 Å². The van der Waals surface area contributed by atoms with E-state index in [0.717, 1.165) is 9.58 Å². The van der Waals surface area contributed by atoms with E-state index < -0.39 is 35.8 Å². The Morgan fingerprint density at radius 2 is 1.86 bits per heavy atom. The number of furan rings is 1. The van der Waals surface area contributed by atoms with Crippen LogP contribution in [0.1, 0.15) is 45.3 Å². The SMILES string of the molecule is Cc1occc1C(=O)n1nc(C2CCN(C(=O)CN3CCOCC3)C2C(F)(F)F)c(C#N)c1NCc1ccc(F)cc1. The molecule has 14 heteroatoms. The van der Waals surface area contributed by atoms with Crippen molar-refractivity contribution in [1.82, 2.24) is 19.6 Å². The molecule has 2 atom stereocenters. The summed E-state index contributed by atoms with van der Waals surface area (Å²) in [6, 6.07) is 6.55. The molecule has 1 amide bonds. The summed E-state index contributed by atoms with van der Waals surface area (Å²) in [6.45, 7) is 2.83. The lowest BCUT2D eigenvalue weighted by molar-refractivity contribution is -0.186. The van der Waals surface area contributed by atoms with Crippen LogP contribution in [-0.4, -0.2) is 83.0 Å². The maximum Gasteiger partial charge on any atom is 0.409 e. The molecule has 2 saturated heterocycles. The fraction of sp³-hybridized carbons (Fsp3) is 0.429. The number of carbonyl (C=O) groups is 2. The van der Waals surface area contributed by atoms with Gasteiger partial charge in [0.1, 0.15) is 29.3 Å². The Morgan fingerprint density at radius 1 is 1.14 bits per heavy atom. The van der Waals surface area contributed by atoms with E-state index in [0.29, 0.717) is 31.9 Å². The smallest absolute Gasteiger partial charge is 0.409 e. The monoisotopic (exact) mass is 588 g/mol. The number of benzene rings is 1. The minimum absolute atomic E-state index is 0.0231. The van der Waals surface area contributed by atoms with E-state index in [4.69, 9.17) is 9.15 Å². The predicted octanol–water partition coefficient (Wildman–Crippen LogP) is 3.67. The second-order valence-electron chi connectivity index (χ2n) is 10.2. The number of nitrogens with one attached hydrogen (secondary N) is 1. The molecule has 0 aliphatic carbocycles. The summed E-state index contributed by atoms with van der Waals surface area (Å²) in [6.07, 6.45) is -3.65. The second-order valence-corrected chi connectivity index (χ2v) is 10.2. The molecule has 2 aromatic heterocycles. The van der Waals surface area contributed by atoms with Gasteiger partial charge < -0.3 is 19.4 Å². The highest BCUT2D eigenvalue weighted by Gasteiger charge is 2.55. The first-order chi connectivity index (χ1) is 20.1. The molecular formula is C28H28F4N6O4. The van der Waals surface area contributed by atoms with Crippen LogP contribution in [0.4, 0.5) is 23.4 Å². The van der Waals surface area contributed by atoms with Crippen molar-refractivity contribution < 1.29 is 36.3 Å². The van der Waals surface area contributed by atoms with Crippen LogP contribution in [0.3, 0.4) is 0 Å². The third-order valence-corrected chi connectivity index (χ3v) is 7.55. The summed E-state index contributed by atoms with van der Waals surface area (Å²) in [5.41, 5.74) is 0.223. The molecule has 0 saturated carbocycles.